The standard InChI is InChI=1S/C14H16O2/c1-2-11-9-6-10-13(11)16-14(15)12-7-4-3-5-8-12/h2-5,7-8,11,13H,1,6,9-10H2/t11-,13+/m0/s1. The van der Waals surface area contributed by atoms with E-state index in [1.165, 1.54) is 0 Å². The van der Waals surface area contributed by atoms with Gasteiger partial charge in [-0.2, -0.15) is 0 Å². The Balaban J connectivity index is 2.00. The molecule has 2 heteroatoms. The molecule has 0 amide bonds. The first-order valence-electron chi connectivity index (χ1n) is 5.70. The number of carbonyl (C=O) groups excluding carboxylic acids is 1. The van der Waals surface area contributed by atoms with E-state index in [-0.39, 0.29) is 12.1 Å². The van der Waals surface area contributed by atoms with Gasteiger partial charge in [0.2, 0.25) is 0 Å². The van der Waals surface area contributed by atoms with E-state index in [1.54, 1.807) is 12.1 Å². The first-order valence-corrected chi connectivity index (χ1v) is 5.70. The number of ether oxygens (including phenoxy) is 1. The maximum atomic E-state index is 11.8. The van der Waals surface area contributed by atoms with E-state index in [9.17, 15) is 4.79 Å². The van der Waals surface area contributed by atoms with Gasteiger partial charge in [-0.1, -0.05) is 24.3 Å². The van der Waals surface area contributed by atoms with Crippen LogP contribution in [0.3, 0.4) is 0 Å². The molecule has 0 radical (unpaired) electrons. The lowest BCUT2D eigenvalue weighted by Gasteiger charge is -2.16. The fourth-order valence-corrected chi connectivity index (χ4v) is 2.15. The van der Waals surface area contributed by atoms with Crippen LogP contribution in [-0.4, -0.2) is 12.1 Å². The van der Waals surface area contributed by atoms with E-state index in [0.717, 1.165) is 19.3 Å². The highest BCUT2D eigenvalue weighted by atomic mass is 16.5. The molecule has 2 rings (SSSR count). The average Bonchev–Trinajstić information content (AvgIpc) is 2.77. The van der Waals surface area contributed by atoms with Gasteiger partial charge in [-0.15, -0.1) is 6.58 Å². The summed E-state index contributed by atoms with van der Waals surface area (Å²) in [6.45, 7) is 3.78. The van der Waals surface area contributed by atoms with Crippen molar-refractivity contribution in [2.45, 2.75) is 25.4 Å². The van der Waals surface area contributed by atoms with Crippen LogP contribution in [0.2, 0.25) is 0 Å². The Morgan fingerprint density at radius 3 is 2.75 bits per heavy atom. The van der Waals surface area contributed by atoms with E-state index in [2.05, 4.69) is 6.58 Å². The minimum absolute atomic E-state index is 0.0187. The normalized spacial score (nSPS) is 24.0. The molecule has 2 nitrogen and oxygen atoms in total. The van der Waals surface area contributed by atoms with Gasteiger partial charge >= 0.3 is 5.97 Å². The van der Waals surface area contributed by atoms with Gasteiger partial charge in [0.15, 0.2) is 0 Å². The Bertz CT molecular complexity index is 370. The van der Waals surface area contributed by atoms with Gasteiger partial charge in [-0.25, -0.2) is 4.79 Å². The fourth-order valence-electron chi connectivity index (χ4n) is 2.15. The third kappa shape index (κ3) is 2.32. The fraction of sp³-hybridized carbons (Fsp3) is 0.357. The molecule has 1 aromatic carbocycles. The minimum Gasteiger partial charge on any atom is -0.458 e. The lowest BCUT2D eigenvalue weighted by atomic mass is 10.1. The maximum Gasteiger partial charge on any atom is 0.338 e. The number of benzene rings is 1. The molecule has 0 aliphatic heterocycles. The summed E-state index contributed by atoms with van der Waals surface area (Å²) in [5, 5.41) is 0. The zero-order valence-electron chi connectivity index (χ0n) is 9.26. The number of rotatable bonds is 3. The smallest absolute Gasteiger partial charge is 0.338 e. The highest BCUT2D eigenvalue weighted by Crippen LogP contribution is 2.29. The van der Waals surface area contributed by atoms with Gasteiger partial charge in [-0.3, -0.25) is 0 Å². The summed E-state index contributed by atoms with van der Waals surface area (Å²) in [6.07, 6.45) is 5.07. The van der Waals surface area contributed by atoms with Crippen LogP contribution in [0, 0.1) is 5.92 Å². The zero-order chi connectivity index (χ0) is 11.4. The van der Waals surface area contributed by atoms with Crippen LogP contribution in [-0.2, 0) is 4.74 Å². The summed E-state index contributed by atoms with van der Waals surface area (Å²) in [5.74, 6) is 0.104. The van der Waals surface area contributed by atoms with Crippen LogP contribution < -0.4 is 0 Å². The third-order valence-electron chi connectivity index (χ3n) is 3.07. The van der Waals surface area contributed by atoms with Crippen LogP contribution in [0.5, 0.6) is 0 Å². The highest BCUT2D eigenvalue weighted by Gasteiger charge is 2.28. The first-order chi connectivity index (χ1) is 7.81. The predicted molar refractivity (Wildman–Crippen MR) is 63.2 cm³/mol. The molecule has 0 heterocycles. The molecule has 1 saturated carbocycles. The quantitative estimate of drug-likeness (QED) is 0.573. The molecule has 1 aromatic rings. The second-order valence-electron chi connectivity index (χ2n) is 4.14. The minimum atomic E-state index is -0.223. The third-order valence-corrected chi connectivity index (χ3v) is 3.07. The summed E-state index contributed by atoms with van der Waals surface area (Å²) < 4.78 is 5.49. The van der Waals surface area contributed by atoms with Crippen molar-refractivity contribution in [3.63, 3.8) is 0 Å². The molecule has 1 fully saturated rings. The van der Waals surface area contributed by atoms with Crippen molar-refractivity contribution in [3.05, 3.63) is 48.6 Å². The second kappa shape index (κ2) is 4.97. The van der Waals surface area contributed by atoms with E-state index < -0.39 is 0 Å². The monoisotopic (exact) mass is 216 g/mol. The summed E-state index contributed by atoms with van der Waals surface area (Å²) >= 11 is 0. The number of esters is 1. The summed E-state index contributed by atoms with van der Waals surface area (Å²) in [4.78, 5) is 11.8. The van der Waals surface area contributed by atoms with Crippen molar-refractivity contribution in [1.29, 1.82) is 0 Å². The Kier molecular flexibility index (Phi) is 3.40. The van der Waals surface area contributed by atoms with Crippen molar-refractivity contribution in [1.82, 2.24) is 0 Å². The van der Waals surface area contributed by atoms with E-state index in [4.69, 9.17) is 4.74 Å². The molecule has 16 heavy (non-hydrogen) atoms. The molecular weight excluding hydrogens is 200 g/mol. The average molecular weight is 216 g/mol. The van der Waals surface area contributed by atoms with Gasteiger partial charge in [-0.05, 0) is 31.4 Å². The van der Waals surface area contributed by atoms with Crippen molar-refractivity contribution in [3.8, 4) is 0 Å². The van der Waals surface area contributed by atoms with Crippen LogP contribution in [0.15, 0.2) is 43.0 Å². The molecule has 0 N–H and O–H groups in total. The van der Waals surface area contributed by atoms with E-state index >= 15 is 0 Å². The van der Waals surface area contributed by atoms with Gasteiger partial charge in [0.25, 0.3) is 0 Å². The SMILES string of the molecule is C=C[C@H]1CCC[C@H]1OC(=O)c1ccccc1. The Morgan fingerprint density at radius 1 is 1.31 bits per heavy atom. The maximum absolute atomic E-state index is 11.8. The molecule has 0 spiro atoms. The predicted octanol–water partition coefficient (Wildman–Crippen LogP) is 3.20. The second-order valence-corrected chi connectivity index (χ2v) is 4.14. The van der Waals surface area contributed by atoms with E-state index in [1.807, 2.05) is 24.3 Å². The van der Waals surface area contributed by atoms with Crippen molar-refractivity contribution in [2.75, 3.05) is 0 Å². The molecule has 2 atom stereocenters. The zero-order valence-corrected chi connectivity index (χ0v) is 9.26. The van der Waals surface area contributed by atoms with Crippen LogP contribution in [0.25, 0.3) is 0 Å². The van der Waals surface area contributed by atoms with Gasteiger partial charge in [0.05, 0.1) is 5.56 Å². The molecule has 0 bridgehead atoms. The topological polar surface area (TPSA) is 26.3 Å². The van der Waals surface area contributed by atoms with Crippen molar-refractivity contribution < 1.29 is 9.53 Å². The first kappa shape index (κ1) is 10.9. The van der Waals surface area contributed by atoms with Gasteiger partial charge in [0.1, 0.15) is 6.10 Å². The molecular formula is C14H16O2. The van der Waals surface area contributed by atoms with Gasteiger partial charge in [0, 0.05) is 5.92 Å². The summed E-state index contributed by atoms with van der Waals surface area (Å²) in [7, 11) is 0. The van der Waals surface area contributed by atoms with Crippen molar-refractivity contribution >= 4 is 5.97 Å². The molecule has 84 valence electrons. The van der Waals surface area contributed by atoms with Gasteiger partial charge < -0.3 is 4.74 Å². The number of hydrogen-bond acceptors (Lipinski definition) is 2. The Hall–Kier alpha value is -1.57. The largest absolute Gasteiger partial charge is 0.458 e. The van der Waals surface area contributed by atoms with Crippen LogP contribution >= 0.6 is 0 Å². The molecule has 0 aromatic heterocycles. The molecule has 1 aliphatic rings. The van der Waals surface area contributed by atoms with E-state index in [0.29, 0.717) is 11.5 Å². The van der Waals surface area contributed by atoms with Crippen LogP contribution in [0.4, 0.5) is 0 Å². The summed E-state index contributed by atoms with van der Waals surface area (Å²) in [6, 6.07) is 9.13. The Morgan fingerprint density at radius 2 is 2.06 bits per heavy atom. The molecule has 0 saturated heterocycles. The lowest BCUT2D eigenvalue weighted by molar-refractivity contribution is 0.0253. The molecule has 1 aliphatic carbocycles. The Labute approximate surface area is 95.9 Å². The highest BCUT2D eigenvalue weighted by molar-refractivity contribution is 5.89. The van der Waals surface area contributed by atoms with Crippen molar-refractivity contribution in [2.24, 2.45) is 5.92 Å². The molecule has 0 unspecified atom stereocenters. The number of hydrogen-bond donors (Lipinski definition) is 0. The number of carbonyl (C=O) groups is 1. The lowest BCUT2D eigenvalue weighted by Crippen LogP contribution is -2.20. The summed E-state index contributed by atoms with van der Waals surface area (Å²) in [5.41, 5.74) is 0.622. The van der Waals surface area contributed by atoms with Crippen LogP contribution in [0.1, 0.15) is 29.6 Å².